The molecule has 0 bridgehead atoms. The Hall–Kier alpha value is -0.460. The van der Waals surface area contributed by atoms with Gasteiger partial charge in [-0.25, -0.2) is 0 Å². The summed E-state index contributed by atoms with van der Waals surface area (Å²) in [5.41, 5.74) is 5.49. The van der Waals surface area contributed by atoms with Crippen molar-refractivity contribution in [3.8, 4) is 0 Å². The highest BCUT2D eigenvalue weighted by atomic mass is 32.2. The van der Waals surface area contributed by atoms with Crippen molar-refractivity contribution in [1.82, 2.24) is 9.80 Å². The van der Waals surface area contributed by atoms with Crippen LogP contribution in [0.1, 0.15) is 13.3 Å². The molecule has 6 heteroatoms. The van der Waals surface area contributed by atoms with Crippen LogP contribution in [0.15, 0.2) is 5.16 Å². The van der Waals surface area contributed by atoms with Crippen molar-refractivity contribution in [1.29, 1.82) is 0 Å². The third-order valence-corrected chi connectivity index (χ3v) is 3.93. The summed E-state index contributed by atoms with van der Waals surface area (Å²) in [6.07, 6.45) is 1.28. The average Bonchev–Trinajstić information content (AvgIpc) is 2.36. The van der Waals surface area contributed by atoms with E-state index in [9.17, 15) is 0 Å². The maximum Gasteiger partial charge on any atom is 0.153 e. The van der Waals surface area contributed by atoms with E-state index in [4.69, 9.17) is 10.9 Å². The third-order valence-electron chi connectivity index (χ3n) is 2.95. The number of oxime groups is 1. The number of piperazine rings is 1. The van der Waals surface area contributed by atoms with Crippen LogP contribution in [0.4, 0.5) is 0 Å². The lowest BCUT2D eigenvalue weighted by molar-refractivity contribution is 0.145. The van der Waals surface area contributed by atoms with Crippen LogP contribution in [0.2, 0.25) is 0 Å². The molecular weight excluding hydrogens is 236 g/mol. The van der Waals surface area contributed by atoms with Gasteiger partial charge in [0.05, 0.1) is 6.54 Å². The van der Waals surface area contributed by atoms with Gasteiger partial charge in [-0.15, -0.1) is 0 Å². The minimum absolute atomic E-state index is 0.304. The van der Waals surface area contributed by atoms with Crippen molar-refractivity contribution in [2.75, 3.05) is 50.8 Å². The molecule has 0 aromatic rings. The molecule has 5 nitrogen and oxygen atoms in total. The molecule has 0 atom stereocenters. The number of hydrogen-bond acceptors (Lipinski definition) is 5. The van der Waals surface area contributed by atoms with Crippen LogP contribution in [-0.4, -0.2) is 71.6 Å². The fourth-order valence-corrected chi connectivity index (χ4v) is 2.59. The zero-order chi connectivity index (χ0) is 12.5. The van der Waals surface area contributed by atoms with Crippen molar-refractivity contribution in [3.63, 3.8) is 0 Å². The second-order valence-corrected chi connectivity index (χ2v) is 5.65. The highest BCUT2D eigenvalue weighted by molar-refractivity contribution is 7.99. The molecule has 3 N–H and O–H groups in total. The SMILES string of the molecule is CCSCCCN1CCN(CC(N)=NO)CC1. The smallest absolute Gasteiger partial charge is 0.153 e. The van der Waals surface area contributed by atoms with Gasteiger partial charge >= 0.3 is 0 Å². The molecule has 0 unspecified atom stereocenters. The Morgan fingerprint density at radius 2 is 1.94 bits per heavy atom. The van der Waals surface area contributed by atoms with Crippen LogP contribution in [0.5, 0.6) is 0 Å². The predicted octanol–water partition coefficient (Wildman–Crippen LogP) is 0.494. The Morgan fingerprint density at radius 1 is 1.29 bits per heavy atom. The second-order valence-electron chi connectivity index (χ2n) is 4.26. The average molecular weight is 260 g/mol. The van der Waals surface area contributed by atoms with E-state index in [0.29, 0.717) is 12.4 Å². The molecule has 0 amide bonds. The van der Waals surface area contributed by atoms with Crippen LogP contribution in [0.3, 0.4) is 0 Å². The molecule has 1 rings (SSSR count). The Bertz CT molecular complexity index is 230. The van der Waals surface area contributed by atoms with Gasteiger partial charge in [-0.3, -0.25) is 4.90 Å². The van der Waals surface area contributed by atoms with E-state index in [1.165, 1.54) is 24.5 Å². The highest BCUT2D eigenvalue weighted by Crippen LogP contribution is 2.05. The monoisotopic (exact) mass is 260 g/mol. The van der Waals surface area contributed by atoms with Gasteiger partial charge in [-0.1, -0.05) is 12.1 Å². The fourth-order valence-electron chi connectivity index (χ4n) is 1.97. The van der Waals surface area contributed by atoms with E-state index in [1.54, 1.807) is 0 Å². The Kier molecular flexibility index (Phi) is 7.39. The zero-order valence-corrected chi connectivity index (χ0v) is 11.5. The minimum atomic E-state index is 0.304. The van der Waals surface area contributed by atoms with Crippen LogP contribution in [0, 0.1) is 0 Å². The van der Waals surface area contributed by atoms with Crippen LogP contribution in [-0.2, 0) is 0 Å². The lowest BCUT2D eigenvalue weighted by atomic mass is 10.3. The summed E-state index contributed by atoms with van der Waals surface area (Å²) < 4.78 is 0. The molecule has 0 aromatic heterocycles. The number of rotatable bonds is 7. The quantitative estimate of drug-likeness (QED) is 0.229. The van der Waals surface area contributed by atoms with Crippen molar-refractivity contribution in [2.45, 2.75) is 13.3 Å². The van der Waals surface area contributed by atoms with Crippen molar-refractivity contribution in [3.05, 3.63) is 0 Å². The first-order valence-corrected chi connectivity index (χ1v) is 7.40. The maximum absolute atomic E-state index is 8.51. The fraction of sp³-hybridized carbons (Fsp3) is 0.909. The van der Waals surface area contributed by atoms with Gasteiger partial charge in [-0.2, -0.15) is 11.8 Å². The molecular formula is C11H24N4OS. The molecule has 17 heavy (non-hydrogen) atoms. The first-order chi connectivity index (χ1) is 8.26. The molecule has 0 aliphatic carbocycles. The normalized spacial score (nSPS) is 19.7. The number of nitrogens with zero attached hydrogens (tertiary/aromatic N) is 3. The lowest BCUT2D eigenvalue weighted by Crippen LogP contribution is -2.49. The topological polar surface area (TPSA) is 65.1 Å². The van der Waals surface area contributed by atoms with Gasteiger partial charge in [0.1, 0.15) is 0 Å². The summed E-state index contributed by atoms with van der Waals surface area (Å²) in [5, 5.41) is 11.5. The summed E-state index contributed by atoms with van der Waals surface area (Å²) in [6.45, 7) is 8.19. The zero-order valence-electron chi connectivity index (χ0n) is 10.6. The summed E-state index contributed by atoms with van der Waals surface area (Å²) in [4.78, 5) is 4.73. The van der Waals surface area contributed by atoms with E-state index in [1.807, 2.05) is 11.8 Å². The minimum Gasteiger partial charge on any atom is -0.409 e. The third kappa shape index (κ3) is 6.14. The molecule has 1 fully saturated rings. The molecule has 0 aromatic carbocycles. The van der Waals surface area contributed by atoms with Crippen molar-refractivity contribution in [2.24, 2.45) is 10.9 Å². The molecule has 1 saturated heterocycles. The first kappa shape index (κ1) is 14.6. The van der Waals surface area contributed by atoms with Crippen LogP contribution >= 0.6 is 11.8 Å². The summed E-state index contributed by atoms with van der Waals surface area (Å²) in [6, 6.07) is 0. The molecule has 0 radical (unpaired) electrons. The second kappa shape index (κ2) is 8.60. The largest absolute Gasteiger partial charge is 0.409 e. The highest BCUT2D eigenvalue weighted by Gasteiger charge is 2.16. The lowest BCUT2D eigenvalue weighted by Gasteiger charge is -2.34. The number of amidine groups is 1. The first-order valence-electron chi connectivity index (χ1n) is 6.25. The Labute approximate surface area is 108 Å². The van der Waals surface area contributed by atoms with Gasteiger partial charge in [0.2, 0.25) is 0 Å². The summed E-state index contributed by atoms with van der Waals surface area (Å²) in [5.74, 6) is 2.78. The molecule has 0 spiro atoms. The van der Waals surface area contributed by atoms with E-state index in [0.717, 1.165) is 26.2 Å². The van der Waals surface area contributed by atoms with Crippen molar-refractivity contribution < 1.29 is 5.21 Å². The molecule has 1 heterocycles. The molecule has 0 saturated carbocycles. The van der Waals surface area contributed by atoms with E-state index in [-0.39, 0.29) is 0 Å². The number of nitrogens with two attached hydrogens (primary N) is 1. The molecule has 1 aliphatic heterocycles. The maximum atomic E-state index is 8.51. The summed E-state index contributed by atoms with van der Waals surface area (Å²) in [7, 11) is 0. The predicted molar refractivity (Wildman–Crippen MR) is 73.9 cm³/mol. The van der Waals surface area contributed by atoms with Gasteiger partial charge < -0.3 is 15.8 Å². The van der Waals surface area contributed by atoms with Gasteiger partial charge in [0.25, 0.3) is 0 Å². The molecule has 1 aliphatic rings. The van der Waals surface area contributed by atoms with Crippen LogP contribution in [0.25, 0.3) is 0 Å². The molecule has 100 valence electrons. The van der Waals surface area contributed by atoms with E-state index in [2.05, 4.69) is 21.9 Å². The summed E-state index contributed by atoms with van der Waals surface area (Å²) >= 11 is 2.01. The van der Waals surface area contributed by atoms with Crippen LogP contribution < -0.4 is 5.73 Å². The van der Waals surface area contributed by atoms with Gasteiger partial charge in [0, 0.05) is 26.2 Å². The number of thioether (sulfide) groups is 1. The van der Waals surface area contributed by atoms with Crippen molar-refractivity contribution >= 4 is 17.6 Å². The van der Waals surface area contributed by atoms with E-state index >= 15 is 0 Å². The van der Waals surface area contributed by atoms with Gasteiger partial charge in [-0.05, 0) is 24.5 Å². The number of hydrogen-bond donors (Lipinski definition) is 2. The Balaban J connectivity index is 2.09. The van der Waals surface area contributed by atoms with E-state index < -0.39 is 0 Å². The Morgan fingerprint density at radius 3 is 2.53 bits per heavy atom. The standard InChI is InChI=1S/C11H24N4OS/c1-2-17-9-3-4-14-5-7-15(8-6-14)10-11(12)13-16/h16H,2-10H2,1H3,(H2,12,13). The van der Waals surface area contributed by atoms with Gasteiger partial charge in [0.15, 0.2) is 5.84 Å².